The highest BCUT2D eigenvalue weighted by molar-refractivity contribution is 5.76. The van der Waals surface area contributed by atoms with Gasteiger partial charge in [0.15, 0.2) is 0 Å². The third kappa shape index (κ3) is 1.59. The van der Waals surface area contributed by atoms with Crippen molar-refractivity contribution in [1.29, 1.82) is 0 Å². The van der Waals surface area contributed by atoms with E-state index < -0.39 is 0 Å². The molecule has 0 spiro atoms. The largest absolute Gasteiger partial charge is 0.507 e. The molecule has 1 aliphatic rings. The monoisotopic (exact) mass is 245 g/mol. The van der Waals surface area contributed by atoms with E-state index in [1.54, 1.807) is 6.07 Å². The van der Waals surface area contributed by atoms with Gasteiger partial charge in [-0.05, 0) is 25.0 Å². The molecule has 94 valence electrons. The first-order valence-electron chi connectivity index (χ1n) is 5.95. The van der Waals surface area contributed by atoms with Gasteiger partial charge < -0.3 is 20.3 Å². The van der Waals surface area contributed by atoms with Crippen LogP contribution < -0.4 is 10.6 Å². The second-order valence-corrected chi connectivity index (χ2v) is 4.60. The number of nitrogen functional groups attached to an aromatic ring is 1. The van der Waals surface area contributed by atoms with Crippen molar-refractivity contribution in [3.63, 3.8) is 0 Å². The maximum atomic E-state index is 10.4. The zero-order valence-corrected chi connectivity index (χ0v) is 10.2. The summed E-state index contributed by atoms with van der Waals surface area (Å²) in [5.74, 6) is 0.534. The SMILES string of the molecule is CN1CCCc2c1ccc(-c1cc(N)on1)c2O. The van der Waals surface area contributed by atoms with Gasteiger partial charge in [-0.3, -0.25) is 0 Å². The molecule has 1 aromatic carbocycles. The van der Waals surface area contributed by atoms with Gasteiger partial charge in [0.25, 0.3) is 0 Å². The Morgan fingerprint density at radius 1 is 1.44 bits per heavy atom. The molecular weight excluding hydrogens is 230 g/mol. The second kappa shape index (κ2) is 3.94. The molecule has 3 N–H and O–H groups in total. The van der Waals surface area contributed by atoms with Crippen LogP contribution in [0.5, 0.6) is 5.75 Å². The molecule has 0 saturated heterocycles. The van der Waals surface area contributed by atoms with E-state index in [2.05, 4.69) is 10.1 Å². The van der Waals surface area contributed by atoms with E-state index in [4.69, 9.17) is 10.3 Å². The van der Waals surface area contributed by atoms with Crippen LogP contribution in [0.25, 0.3) is 11.3 Å². The van der Waals surface area contributed by atoms with Crippen molar-refractivity contribution in [1.82, 2.24) is 5.16 Å². The third-order valence-electron chi connectivity index (χ3n) is 3.39. The van der Waals surface area contributed by atoms with Gasteiger partial charge in [-0.1, -0.05) is 5.16 Å². The fraction of sp³-hybridized carbons (Fsp3) is 0.308. The topological polar surface area (TPSA) is 75.5 Å². The Morgan fingerprint density at radius 3 is 3.00 bits per heavy atom. The van der Waals surface area contributed by atoms with Crippen LogP contribution in [0.3, 0.4) is 0 Å². The minimum atomic E-state index is 0.249. The number of phenols is 1. The van der Waals surface area contributed by atoms with Crippen molar-refractivity contribution >= 4 is 11.6 Å². The second-order valence-electron chi connectivity index (χ2n) is 4.60. The third-order valence-corrected chi connectivity index (χ3v) is 3.39. The maximum absolute atomic E-state index is 10.4. The number of rotatable bonds is 1. The Morgan fingerprint density at radius 2 is 2.28 bits per heavy atom. The van der Waals surface area contributed by atoms with Crippen molar-refractivity contribution in [2.45, 2.75) is 12.8 Å². The summed E-state index contributed by atoms with van der Waals surface area (Å²) >= 11 is 0. The van der Waals surface area contributed by atoms with Crippen LogP contribution in [-0.4, -0.2) is 23.9 Å². The lowest BCUT2D eigenvalue weighted by atomic mass is 9.97. The summed E-state index contributed by atoms with van der Waals surface area (Å²) in [6.07, 6.45) is 1.92. The lowest BCUT2D eigenvalue weighted by Gasteiger charge is -2.28. The van der Waals surface area contributed by atoms with E-state index in [-0.39, 0.29) is 11.6 Å². The molecule has 0 saturated carbocycles. The van der Waals surface area contributed by atoms with Crippen LogP contribution in [-0.2, 0) is 6.42 Å². The predicted molar refractivity (Wildman–Crippen MR) is 69.6 cm³/mol. The smallest absolute Gasteiger partial charge is 0.222 e. The highest BCUT2D eigenvalue weighted by atomic mass is 16.5. The van der Waals surface area contributed by atoms with Gasteiger partial charge in [0.05, 0.1) is 0 Å². The molecule has 1 aromatic heterocycles. The number of hydrogen-bond acceptors (Lipinski definition) is 5. The molecular formula is C13H15N3O2. The fourth-order valence-corrected chi connectivity index (χ4v) is 2.47. The summed E-state index contributed by atoms with van der Waals surface area (Å²) in [6, 6.07) is 5.48. The number of fused-ring (bicyclic) bond motifs is 1. The first-order valence-corrected chi connectivity index (χ1v) is 5.95. The van der Waals surface area contributed by atoms with Gasteiger partial charge in [-0.2, -0.15) is 0 Å². The van der Waals surface area contributed by atoms with Gasteiger partial charge in [0.1, 0.15) is 11.4 Å². The minimum Gasteiger partial charge on any atom is -0.507 e. The zero-order chi connectivity index (χ0) is 12.7. The van der Waals surface area contributed by atoms with Gasteiger partial charge >= 0.3 is 0 Å². The van der Waals surface area contributed by atoms with Crippen LogP contribution >= 0.6 is 0 Å². The highest BCUT2D eigenvalue weighted by Gasteiger charge is 2.21. The summed E-state index contributed by atoms with van der Waals surface area (Å²) < 4.78 is 4.85. The first kappa shape index (κ1) is 11.0. The number of nitrogens with two attached hydrogens (primary N) is 1. The average molecular weight is 245 g/mol. The molecule has 18 heavy (non-hydrogen) atoms. The number of nitrogens with zero attached hydrogens (tertiary/aromatic N) is 2. The van der Waals surface area contributed by atoms with Gasteiger partial charge in [0, 0.05) is 36.5 Å². The molecule has 2 aromatic rings. The van der Waals surface area contributed by atoms with E-state index >= 15 is 0 Å². The summed E-state index contributed by atoms with van der Waals surface area (Å²) in [5, 5.41) is 14.2. The van der Waals surface area contributed by atoms with Crippen molar-refractivity contribution in [2.75, 3.05) is 24.2 Å². The molecule has 0 radical (unpaired) electrons. The number of benzene rings is 1. The zero-order valence-electron chi connectivity index (χ0n) is 10.2. The van der Waals surface area contributed by atoms with Crippen molar-refractivity contribution in [3.8, 4) is 17.0 Å². The number of aromatic nitrogens is 1. The van der Waals surface area contributed by atoms with E-state index in [9.17, 15) is 5.11 Å². The van der Waals surface area contributed by atoms with Crippen molar-refractivity contribution in [3.05, 3.63) is 23.8 Å². The molecule has 2 heterocycles. The molecule has 0 atom stereocenters. The molecule has 0 bridgehead atoms. The van der Waals surface area contributed by atoms with Crippen molar-refractivity contribution < 1.29 is 9.63 Å². The van der Waals surface area contributed by atoms with E-state index in [1.807, 2.05) is 19.2 Å². The molecule has 0 fully saturated rings. The maximum Gasteiger partial charge on any atom is 0.222 e. The first-order chi connectivity index (χ1) is 8.66. The number of phenolic OH excluding ortho intramolecular Hbond substituents is 1. The number of hydrogen-bond donors (Lipinski definition) is 2. The standard InChI is InChI=1S/C13H15N3O2/c1-16-6-2-3-9-11(16)5-4-8(13(9)17)10-7-12(14)18-15-10/h4-5,7,17H,2-3,6,14H2,1H3. The summed E-state index contributed by atoms with van der Waals surface area (Å²) in [4.78, 5) is 2.15. The lowest BCUT2D eigenvalue weighted by molar-refractivity contribution is 0.436. The molecule has 5 heteroatoms. The molecule has 3 rings (SSSR count). The lowest BCUT2D eigenvalue weighted by Crippen LogP contribution is -2.24. The van der Waals surface area contributed by atoms with Gasteiger partial charge in [0.2, 0.25) is 5.88 Å². The van der Waals surface area contributed by atoms with Crippen LogP contribution in [0.15, 0.2) is 22.7 Å². The van der Waals surface area contributed by atoms with E-state index in [1.165, 1.54) is 0 Å². The Bertz CT molecular complexity index is 592. The molecule has 0 amide bonds. The quantitative estimate of drug-likeness (QED) is 0.803. The Balaban J connectivity index is 2.13. The summed E-state index contributed by atoms with van der Waals surface area (Å²) in [7, 11) is 2.03. The molecule has 1 aliphatic heterocycles. The summed E-state index contributed by atoms with van der Waals surface area (Å²) in [5.41, 5.74) is 8.81. The molecule has 0 unspecified atom stereocenters. The minimum absolute atomic E-state index is 0.249. The Labute approximate surface area is 105 Å². The van der Waals surface area contributed by atoms with Crippen LogP contribution in [0, 0.1) is 0 Å². The van der Waals surface area contributed by atoms with Crippen LogP contribution in [0.2, 0.25) is 0 Å². The Kier molecular flexibility index (Phi) is 2.40. The highest BCUT2D eigenvalue weighted by Crippen LogP contribution is 2.40. The van der Waals surface area contributed by atoms with E-state index in [0.29, 0.717) is 11.3 Å². The summed E-state index contributed by atoms with van der Waals surface area (Å²) in [6.45, 7) is 1.02. The number of aromatic hydroxyl groups is 1. The van der Waals surface area contributed by atoms with Gasteiger partial charge in [-0.25, -0.2) is 0 Å². The molecule has 0 aliphatic carbocycles. The van der Waals surface area contributed by atoms with Crippen LogP contribution in [0.4, 0.5) is 11.6 Å². The fourth-order valence-electron chi connectivity index (χ4n) is 2.47. The van der Waals surface area contributed by atoms with Crippen LogP contribution in [0.1, 0.15) is 12.0 Å². The van der Waals surface area contributed by atoms with Gasteiger partial charge in [-0.15, -0.1) is 0 Å². The van der Waals surface area contributed by atoms with E-state index in [0.717, 1.165) is 30.6 Å². The Hall–Kier alpha value is -2.17. The predicted octanol–water partition coefficient (Wildman–Crippen LogP) is 2.01. The molecule has 5 nitrogen and oxygen atoms in total. The van der Waals surface area contributed by atoms with Crippen molar-refractivity contribution in [2.24, 2.45) is 0 Å². The number of anilines is 2. The average Bonchev–Trinajstić information content (AvgIpc) is 2.77. The normalized spacial score (nSPS) is 14.6.